The van der Waals surface area contributed by atoms with Crippen LogP contribution in [0.5, 0.6) is 11.5 Å². The van der Waals surface area contributed by atoms with Crippen molar-refractivity contribution < 1.29 is 19.1 Å². The Morgan fingerprint density at radius 1 is 1.10 bits per heavy atom. The number of urea groups is 1. The van der Waals surface area contributed by atoms with Crippen molar-refractivity contribution in [3.8, 4) is 11.5 Å². The molecule has 2 N–H and O–H groups in total. The van der Waals surface area contributed by atoms with E-state index in [-0.39, 0.29) is 30.5 Å². The molecule has 1 atom stereocenters. The number of ether oxygens (including phenoxy) is 2. The number of carbonyl (C=O) groups is 2. The highest BCUT2D eigenvalue weighted by molar-refractivity contribution is 7.99. The summed E-state index contributed by atoms with van der Waals surface area (Å²) in [6, 6.07) is 14.8. The summed E-state index contributed by atoms with van der Waals surface area (Å²) in [5.41, 5.74) is 2.78. The molecular formula is C27H29ClN6O4S. The minimum Gasteiger partial charge on any atom is -0.454 e. The summed E-state index contributed by atoms with van der Waals surface area (Å²) in [5.74, 6) is 2.05. The van der Waals surface area contributed by atoms with Crippen LogP contribution in [-0.4, -0.2) is 65.0 Å². The quantitative estimate of drug-likeness (QED) is 0.246. The molecule has 12 heteroatoms. The number of hydrogen-bond donors (Lipinski definition) is 2. The number of nitrogens with one attached hydrogen (secondary N) is 2. The maximum Gasteiger partial charge on any atom is 0.322 e. The van der Waals surface area contributed by atoms with E-state index >= 15 is 0 Å². The first-order chi connectivity index (χ1) is 18.8. The second kappa shape index (κ2) is 12.0. The van der Waals surface area contributed by atoms with Crippen LogP contribution in [0.15, 0.2) is 53.7 Å². The smallest absolute Gasteiger partial charge is 0.322 e. The first-order valence-corrected chi connectivity index (χ1v) is 13.9. The molecule has 10 nitrogen and oxygen atoms in total. The average molecular weight is 569 g/mol. The van der Waals surface area contributed by atoms with Gasteiger partial charge in [-0.1, -0.05) is 41.6 Å². The summed E-state index contributed by atoms with van der Waals surface area (Å²) >= 11 is 7.52. The van der Waals surface area contributed by atoms with Gasteiger partial charge in [-0.3, -0.25) is 4.79 Å². The van der Waals surface area contributed by atoms with E-state index in [9.17, 15) is 9.59 Å². The van der Waals surface area contributed by atoms with E-state index in [1.165, 1.54) is 11.8 Å². The first-order valence-electron chi connectivity index (χ1n) is 12.6. The number of aromatic nitrogens is 2. The number of hydrogen-bond acceptors (Lipinski definition) is 8. The molecule has 5 rings (SSSR count). The number of piperazine rings is 1. The molecule has 1 saturated heterocycles. The molecule has 3 aromatic rings. The minimum atomic E-state index is -0.148. The molecule has 2 aliphatic rings. The van der Waals surface area contributed by atoms with Crippen LogP contribution in [0.25, 0.3) is 0 Å². The third-order valence-corrected chi connectivity index (χ3v) is 7.44. The van der Waals surface area contributed by atoms with Crippen molar-refractivity contribution >= 4 is 46.8 Å². The molecular weight excluding hydrogens is 540 g/mol. The third kappa shape index (κ3) is 6.85. The topological polar surface area (TPSA) is 109 Å². The summed E-state index contributed by atoms with van der Waals surface area (Å²) in [6.45, 7) is 6.30. The summed E-state index contributed by atoms with van der Waals surface area (Å²) in [5, 5.41) is 6.60. The largest absolute Gasteiger partial charge is 0.454 e. The lowest BCUT2D eigenvalue weighted by molar-refractivity contribution is -0.118. The zero-order valence-corrected chi connectivity index (χ0v) is 23.2. The summed E-state index contributed by atoms with van der Waals surface area (Å²) in [6.07, 6.45) is 0. The number of anilines is 2. The Hall–Kier alpha value is -3.70. The van der Waals surface area contributed by atoms with Gasteiger partial charge in [-0.05, 0) is 49.2 Å². The highest BCUT2D eigenvalue weighted by Crippen LogP contribution is 2.32. The van der Waals surface area contributed by atoms with Crippen molar-refractivity contribution in [3.63, 3.8) is 0 Å². The van der Waals surface area contributed by atoms with Crippen LogP contribution in [0.2, 0.25) is 5.15 Å². The number of thioether (sulfide) groups is 1. The van der Waals surface area contributed by atoms with Crippen LogP contribution < -0.4 is 25.0 Å². The molecule has 204 valence electrons. The van der Waals surface area contributed by atoms with Gasteiger partial charge in [0.1, 0.15) is 11.0 Å². The van der Waals surface area contributed by atoms with Gasteiger partial charge >= 0.3 is 6.03 Å². The second-order valence-electron chi connectivity index (χ2n) is 9.37. The number of amides is 3. The molecule has 0 spiro atoms. The predicted octanol–water partition coefficient (Wildman–Crippen LogP) is 4.32. The standard InChI is InChI=1S/C27H29ClN6O4S/c1-17-4-3-5-20(10-17)30-27(36)34-9-8-33(14-18(34)2)24-12-23(28)31-26(32-24)39-15-25(35)29-13-19-6-7-21-22(11-19)38-16-37-21/h3-7,10-12,18H,8-9,13-16H2,1-2H3,(H,29,35)(H,30,36). The van der Waals surface area contributed by atoms with Gasteiger partial charge in [0.05, 0.1) is 5.75 Å². The third-order valence-electron chi connectivity index (χ3n) is 6.40. The minimum absolute atomic E-state index is 0.0460. The van der Waals surface area contributed by atoms with Crippen molar-refractivity contribution in [3.05, 3.63) is 64.8 Å². The van der Waals surface area contributed by atoms with E-state index in [2.05, 4.69) is 25.5 Å². The molecule has 1 unspecified atom stereocenters. The molecule has 0 radical (unpaired) electrons. The number of nitrogens with zero attached hydrogens (tertiary/aromatic N) is 4. The molecule has 2 aliphatic heterocycles. The monoisotopic (exact) mass is 568 g/mol. The molecule has 0 saturated carbocycles. The van der Waals surface area contributed by atoms with Gasteiger partial charge in [0, 0.05) is 44.0 Å². The van der Waals surface area contributed by atoms with Gasteiger partial charge in [0.25, 0.3) is 0 Å². The summed E-state index contributed by atoms with van der Waals surface area (Å²) in [4.78, 5) is 38.2. The van der Waals surface area contributed by atoms with E-state index in [1.807, 2.05) is 61.2 Å². The highest BCUT2D eigenvalue weighted by atomic mass is 35.5. The van der Waals surface area contributed by atoms with Gasteiger partial charge in [-0.15, -0.1) is 0 Å². The summed E-state index contributed by atoms with van der Waals surface area (Å²) < 4.78 is 10.7. The lowest BCUT2D eigenvalue weighted by Gasteiger charge is -2.40. The fourth-order valence-corrected chi connectivity index (χ4v) is 5.34. The lowest BCUT2D eigenvalue weighted by atomic mass is 10.2. The molecule has 3 amide bonds. The predicted molar refractivity (Wildman–Crippen MR) is 151 cm³/mol. The molecule has 2 aromatic carbocycles. The number of rotatable bonds is 7. The Kier molecular flexibility index (Phi) is 8.27. The van der Waals surface area contributed by atoms with Crippen molar-refractivity contribution in [1.29, 1.82) is 0 Å². The van der Waals surface area contributed by atoms with Gasteiger partial charge in [-0.2, -0.15) is 0 Å². The van der Waals surface area contributed by atoms with E-state index < -0.39 is 0 Å². The Bertz CT molecular complexity index is 1380. The van der Waals surface area contributed by atoms with E-state index in [4.69, 9.17) is 21.1 Å². The average Bonchev–Trinajstić information content (AvgIpc) is 3.38. The van der Waals surface area contributed by atoms with Crippen molar-refractivity contribution in [1.82, 2.24) is 20.2 Å². The van der Waals surface area contributed by atoms with E-state index in [0.717, 1.165) is 16.8 Å². The molecule has 3 heterocycles. The van der Waals surface area contributed by atoms with E-state index in [0.29, 0.717) is 53.8 Å². The Morgan fingerprint density at radius 3 is 2.77 bits per heavy atom. The van der Waals surface area contributed by atoms with Gasteiger partial charge < -0.3 is 29.9 Å². The number of carbonyl (C=O) groups excluding carboxylic acids is 2. The summed E-state index contributed by atoms with van der Waals surface area (Å²) in [7, 11) is 0. The first kappa shape index (κ1) is 26.9. The molecule has 1 fully saturated rings. The van der Waals surface area contributed by atoms with E-state index in [1.54, 1.807) is 6.07 Å². The zero-order valence-electron chi connectivity index (χ0n) is 21.6. The maximum absolute atomic E-state index is 12.9. The van der Waals surface area contributed by atoms with Gasteiger partial charge in [0.15, 0.2) is 16.7 Å². The number of benzene rings is 2. The highest BCUT2D eigenvalue weighted by Gasteiger charge is 2.28. The number of aryl methyl sites for hydroxylation is 1. The van der Waals surface area contributed by atoms with Crippen molar-refractivity contribution in [2.75, 3.05) is 42.4 Å². The maximum atomic E-state index is 12.9. The lowest BCUT2D eigenvalue weighted by Crippen LogP contribution is -2.55. The number of fused-ring (bicyclic) bond motifs is 1. The fraction of sp³-hybridized carbons (Fsp3) is 0.333. The van der Waals surface area contributed by atoms with Crippen LogP contribution in [0.1, 0.15) is 18.1 Å². The van der Waals surface area contributed by atoms with Gasteiger partial charge in [-0.25, -0.2) is 14.8 Å². The zero-order chi connectivity index (χ0) is 27.4. The van der Waals surface area contributed by atoms with Crippen LogP contribution in [0.3, 0.4) is 0 Å². The molecule has 0 bridgehead atoms. The Morgan fingerprint density at radius 2 is 1.95 bits per heavy atom. The second-order valence-corrected chi connectivity index (χ2v) is 10.7. The molecule has 1 aromatic heterocycles. The van der Waals surface area contributed by atoms with Crippen LogP contribution in [0, 0.1) is 6.92 Å². The Labute approximate surface area is 236 Å². The Balaban J connectivity index is 1.13. The van der Waals surface area contributed by atoms with Gasteiger partial charge in [0.2, 0.25) is 12.7 Å². The molecule has 39 heavy (non-hydrogen) atoms. The van der Waals surface area contributed by atoms with Crippen LogP contribution in [0.4, 0.5) is 16.3 Å². The fourth-order valence-electron chi connectivity index (χ4n) is 4.43. The molecule has 0 aliphatic carbocycles. The van der Waals surface area contributed by atoms with Crippen molar-refractivity contribution in [2.45, 2.75) is 31.6 Å². The van der Waals surface area contributed by atoms with Crippen LogP contribution >= 0.6 is 23.4 Å². The number of halogens is 1. The van der Waals surface area contributed by atoms with Crippen LogP contribution in [-0.2, 0) is 11.3 Å². The SMILES string of the molecule is Cc1cccc(NC(=O)N2CCN(c3cc(Cl)nc(SCC(=O)NCc4ccc5c(c4)OCO5)n3)CC2C)c1. The normalized spacial score (nSPS) is 16.2. The van der Waals surface area contributed by atoms with Crippen molar-refractivity contribution in [2.24, 2.45) is 0 Å².